The number of halogens is 3. The van der Waals surface area contributed by atoms with Gasteiger partial charge in [0.2, 0.25) is 3.79 Å². The van der Waals surface area contributed by atoms with E-state index in [9.17, 15) is 14.7 Å². The molecule has 3 atom stereocenters. The average molecular weight is 342 g/mol. The fraction of sp³-hybridized carbons (Fsp3) is 0.800. The molecular formula is C10H12Cl3NaO5. The quantitative estimate of drug-likeness (QED) is 0.356. The Morgan fingerprint density at radius 1 is 1.32 bits per heavy atom. The molecule has 1 fully saturated rings. The molecule has 1 aliphatic carbocycles. The Morgan fingerprint density at radius 3 is 2.11 bits per heavy atom. The zero-order valence-electron chi connectivity index (χ0n) is 10.9. The van der Waals surface area contributed by atoms with Gasteiger partial charge in [0, 0.05) is 5.92 Å². The zero-order valence-corrected chi connectivity index (χ0v) is 15.2. The molecule has 5 nitrogen and oxygen atoms in total. The third-order valence-corrected chi connectivity index (χ3v) is 3.88. The van der Waals surface area contributed by atoms with Crippen molar-refractivity contribution >= 4 is 46.9 Å². The van der Waals surface area contributed by atoms with Crippen molar-refractivity contribution in [1.82, 2.24) is 0 Å². The molecule has 0 N–H and O–H groups in total. The number of esters is 1. The third-order valence-electron chi connectivity index (χ3n) is 3.24. The van der Waals surface area contributed by atoms with Gasteiger partial charge in [0.15, 0.2) is 0 Å². The van der Waals surface area contributed by atoms with Crippen LogP contribution >= 0.6 is 34.8 Å². The molecule has 1 rings (SSSR count). The number of methoxy groups -OCH3 is 1. The number of carboxylic acid groups (broad SMARTS) is 1. The summed E-state index contributed by atoms with van der Waals surface area (Å²) >= 11 is 17.0. The van der Waals surface area contributed by atoms with Crippen LogP contribution in [-0.2, 0) is 14.3 Å². The Kier molecular flexibility index (Phi) is 6.79. The minimum atomic E-state index is -1.98. The molecule has 9 heteroatoms. The number of ether oxygens (including phenoxy) is 2. The second-order valence-corrected chi connectivity index (χ2v) is 7.05. The normalized spacial score (nSPS) is 25.8. The predicted octanol–water partition coefficient (Wildman–Crippen LogP) is -1.47. The van der Waals surface area contributed by atoms with Crippen LogP contribution in [0.1, 0.15) is 13.8 Å². The van der Waals surface area contributed by atoms with E-state index in [-0.39, 0.29) is 29.6 Å². The van der Waals surface area contributed by atoms with E-state index in [2.05, 4.69) is 9.47 Å². The molecule has 0 radical (unpaired) electrons. The molecule has 0 aromatic heterocycles. The summed E-state index contributed by atoms with van der Waals surface area (Å²) < 4.78 is 7.14. The maximum Gasteiger partial charge on any atom is 1.00 e. The first-order valence-electron chi connectivity index (χ1n) is 5.05. The van der Waals surface area contributed by atoms with Crippen molar-refractivity contribution in [2.45, 2.75) is 23.7 Å². The molecule has 104 valence electrons. The first kappa shape index (κ1) is 19.6. The maximum atomic E-state index is 11.5. The minimum Gasteiger partial charge on any atom is -0.542 e. The van der Waals surface area contributed by atoms with Crippen LogP contribution in [0.15, 0.2) is 0 Å². The van der Waals surface area contributed by atoms with E-state index in [1.54, 1.807) is 13.8 Å². The summed E-state index contributed by atoms with van der Waals surface area (Å²) in [6, 6.07) is 0. The van der Waals surface area contributed by atoms with Crippen LogP contribution in [0, 0.1) is 17.3 Å². The van der Waals surface area contributed by atoms with Gasteiger partial charge in [-0.05, 0) is 5.41 Å². The summed E-state index contributed by atoms with van der Waals surface area (Å²) in [7, 11) is 1.23. The van der Waals surface area contributed by atoms with E-state index >= 15 is 0 Å². The van der Waals surface area contributed by atoms with Crippen LogP contribution in [0.2, 0.25) is 0 Å². The third kappa shape index (κ3) is 4.29. The SMILES string of the molecule is COC(=O)C1C(C(OC(=O)[O-])C(Cl)(Cl)Cl)C1(C)C.[Na+]. The smallest absolute Gasteiger partial charge is 0.542 e. The van der Waals surface area contributed by atoms with Gasteiger partial charge in [-0.2, -0.15) is 0 Å². The Bertz CT molecular complexity index is 369. The minimum absolute atomic E-state index is 0. The zero-order chi connectivity index (χ0) is 14.3. The topological polar surface area (TPSA) is 75.7 Å². The predicted molar refractivity (Wildman–Crippen MR) is 63.3 cm³/mol. The Labute approximate surface area is 148 Å². The van der Waals surface area contributed by atoms with E-state index in [1.807, 2.05) is 0 Å². The number of carbonyl (C=O) groups is 2. The van der Waals surface area contributed by atoms with Gasteiger partial charge in [0.1, 0.15) is 0 Å². The molecule has 0 spiro atoms. The number of rotatable bonds is 3. The van der Waals surface area contributed by atoms with Crippen LogP contribution in [-0.4, -0.2) is 29.1 Å². The Balaban J connectivity index is 0.00000324. The molecular weight excluding hydrogens is 329 g/mol. The fourth-order valence-corrected chi connectivity index (χ4v) is 2.81. The van der Waals surface area contributed by atoms with Crippen molar-refractivity contribution in [3.63, 3.8) is 0 Å². The Hall–Kier alpha value is 0.610. The molecule has 0 saturated heterocycles. The van der Waals surface area contributed by atoms with Gasteiger partial charge in [-0.25, -0.2) is 0 Å². The molecule has 0 amide bonds. The van der Waals surface area contributed by atoms with Gasteiger partial charge >= 0.3 is 35.5 Å². The van der Waals surface area contributed by atoms with E-state index in [1.165, 1.54) is 7.11 Å². The Morgan fingerprint density at radius 2 is 1.79 bits per heavy atom. The van der Waals surface area contributed by atoms with Crippen LogP contribution < -0.4 is 34.7 Å². The van der Waals surface area contributed by atoms with Gasteiger partial charge in [0.05, 0.1) is 19.1 Å². The van der Waals surface area contributed by atoms with Crippen molar-refractivity contribution in [3.8, 4) is 0 Å². The molecule has 1 aliphatic rings. The monoisotopic (exact) mass is 340 g/mol. The molecule has 0 aromatic rings. The van der Waals surface area contributed by atoms with Gasteiger partial charge < -0.3 is 19.4 Å². The summed E-state index contributed by atoms with van der Waals surface area (Å²) in [5, 5.41) is 10.5. The number of alkyl halides is 3. The van der Waals surface area contributed by atoms with E-state index in [4.69, 9.17) is 34.8 Å². The standard InChI is InChI=1S/C10H13Cl3O5.Na/c1-9(2)4(5(9)7(14)17-3)6(10(11,12)13)18-8(15)16;/h4-6H,1-3H3,(H,15,16);/q;+1/p-1. The first-order chi connectivity index (χ1) is 8.03. The van der Waals surface area contributed by atoms with E-state index < -0.39 is 39.3 Å². The van der Waals surface area contributed by atoms with Crippen LogP contribution in [0.4, 0.5) is 4.79 Å². The average Bonchev–Trinajstić information content (AvgIpc) is 2.74. The van der Waals surface area contributed by atoms with Crippen molar-refractivity contribution in [3.05, 3.63) is 0 Å². The van der Waals surface area contributed by atoms with Gasteiger partial charge in [0.25, 0.3) is 6.16 Å². The van der Waals surface area contributed by atoms with Crippen LogP contribution in [0.25, 0.3) is 0 Å². The summed E-state index contributed by atoms with van der Waals surface area (Å²) in [6.45, 7) is 3.47. The molecule has 3 unspecified atom stereocenters. The summed E-state index contributed by atoms with van der Waals surface area (Å²) in [5.74, 6) is -1.65. The molecule has 1 saturated carbocycles. The maximum absolute atomic E-state index is 11.5. The molecule has 0 aromatic carbocycles. The number of hydrogen-bond acceptors (Lipinski definition) is 5. The first-order valence-corrected chi connectivity index (χ1v) is 6.19. The second-order valence-electron chi connectivity index (χ2n) is 4.68. The molecule has 19 heavy (non-hydrogen) atoms. The van der Waals surface area contributed by atoms with Crippen LogP contribution in [0.5, 0.6) is 0 Å². The van der Waals surface area contributed by atoms with Gasteiger partial charge in [-0.3, -0.25) is 4.79 Å². The van der Waals surface area contributed by atoms with Crippen molar-refractivity contribution in [2.24, 2.45) is 17.3 Å². The fourth-order valence-electron chi connectivity index (χ4n) is 2.27. The van der Waals surface area contributed by atoms with Crippen molar-refractivity contribution in [1.29, 1.82) is 0 Å². The van der Waals surface area contributed by atoms with E-state index in [0.717, 1.165) is 0 Å². The van der Waals surface area contributed by atoms with Crippen molar-refractivity contribution < 1.29 is 53.7 Å². The molecule has 0 aliphatic heterocycles. The molecule has 0 heterocycles. The largest absolute Gasteiger partial charge is 1.00 e. The van der Waals surface area contributed by atoms with E-state index in [0.29, 0.717) is 0 Å². The second kappa shape index (κ2) is 6.58. The number of hydrogen-bond donors (Lipinski definition) is 0. The van der Waals surface area contributed by atoms with Gasteiger partial charge in [-0.15, -0.1) is 0 Å². The summed E-state index contributed by atoms with van der Waals surface area (Å²) in [6.07, 6.45) is -3.09. The summed E-state index contributed by atoms with van der Waals surface area (Å²) in [5.41, 5.74) is -0.572. The van der Waals surface area contributed by atoms with Crippen molar-refractivity contribution in [2.75, 3.05) is 7.11 Å². The number of carbonyl (C=O) groups excluding carboxylic acids is 2. The summed E-state index contributed by atoms with van der Waals surface area (Å²) in [4.78, 5) is 22.1. The van der Waals surface area contributed by atoms with Gasteiger partial charge in [-0.1, -0.05) is 48.7 Å². The molecule has 0 bridgehead atoms. The van der Waals surface area contributed by atoms with Crippen LogP contribution in [0.3, 0.4) is 0 Å².